The normalized spacial score (nSPS) is 19.0. The van der Waals surface area contributed by atoms with Crippen LogP contribution in [0.4, 0.5) is 0 Å². The van der Waals surface area contributed by atoms with Crippen molar-refractivity contribution >= 4 is 23.2 Å². The molecule has 1 saturated carbocycles. The van der Waals surface area contributed by atoms with Crippen LogP contribution in [0, 0.1) is 0 Å². The Labute approximate surface area is 158 Å². The summed E-state index contributed by atoms with van der Waals surface area (Å²) in [7, 11) is 0. The molecule has 4 rings (SSSR count). The minimum atomic E-state index is 0.432. The van der Waals surface area contributed by atoms with Gasteiger partial charge in [0.05, 0.1) is 0 Å². The standard InChI is InChI=1S/C19H22Cl2N4/c20-17-7-6-14(18(21)24-17)11-25-9-8-16-15(12-25)10-22-19(23-16)13-4-2-1-3-5-13/h6-7,10,13H,1-5,8-9,11-12H2. The summed E-state index contributed by atoms with van der Waals surface area (Å²) >= 11 is 12.1. The lowest BCUT2D eigenvalue weighted by molar-refractivity contribution is 0.242. The molecule has 0 N–H and O–H groups in total. The molecule has 0 spiro atoms. The molecule has 0 bridgehead atoms. The summed E-state index contributed by atoms with van der Waals surface area (Å²) in [5.41, 5.74) is 3.48. The topological polar surface area (TPSA) is 41.9 Å². The third-order valence-corrected chi connectivity index (χ3v) is 5.83. The third-order valence-electron chi connectivity index (χ3n) is 5.29. The largest absolute Gasteiger partial charge is 0.294 e. The maximum Gasteiger partial charge on any atom is 0.135 e. The van der Waals surface area contributed by atoms with Crippen LogP contribution in [0.15, 0.2) is 18.3 Å². The molecule has 0 radical (unpaired) electrons. The highest BCUT2D eigenvalue weighted by molar-refractivity contribution is 6.32. The maximum absolute atomic E-state index is 6.21. The number of rotatable bonds is 3. The summed E-state index contributed by atoms with van der Waals surface area (Å²) in [6, 6.07) is 3.75. The number of hydrogen-bond acceptors (Lipinski definition) is 4. The Hall–Kier alpha value is -1.23. The van der Waals surface area contributed by atoms with Gasteiger partial charge in [-0.25, -0.2) is 15.0 Å². The summed E-state index contributed by atoms with van der Waals surface area (Å²) in [4.78, 5) is 16.1. The lowest BCUT2D eigenvalue weighted by Gasteiger charge is -2.29. The van der Waals surface area contributed by atoms with Crippen LogP contribution in [0.25, 0.3) is 0 Å². The molecule has 3 heterocycles. The fourth-order valence-electron chi connectivity index (χ4n) is 3.88. The minimum Gasteiger partial charge on any atom is -0.294 e. The van der Waals surface area contributed by atoms with Crippen LogP contribution in [0.2, 0.25) is 10.3 Å². The SMILES string of the molecule is Clc1ccc(CN2CCc3nc(C4CCCCC4)ncc3C2)c(Cl)n1. The highest BCUT2D eigenvalue weighted by Gasteiger charge is 2.23. The van der Waals surface area contributed by atoms with Gasteiger partial charge in [0, 0.05) is 55.0 Å². The van der Waals surface area contributed by atoms with Crippen molar-refractivity contribution in [2.75, 3.05) is 6.54 Å². The number of nitrogens with zero attached hydrogens (tertiary/aromatic N) is 4. The molecule has 25 heavy (non-hydrogen) atoms. The summed E-state index contributed by atoms with van der Waals surface area (Å²) in [5.74, 6) is 1.63. The van der Waals surface area contributed by atoms with Gasteiger partial charge in [0.1, 0.15) is 16.1 Å². The Morgan fingerprint density at radius 1 is 1.08 bits per heavy atom. The van der Waals surface area contributed by atoms with Gasteiger partial charge in [0.2, 0.25) is 0 Å². The van der Waals surface area contributed by atoms with Crippen LogP contribution >= 0.6 is 23.2 Å². The number of halogens is 2. The zero-order chi connectivity index (χ0) is 17.2. The minimum absolute atomic E-state index is 0.432. The molecule has 1 fully saturated rings. The molecule has 2 aliphatic rings. The monoisotopic (exact) mass is 376 g/mol. The molecule has 6 heteroatoms. The summed E-state index contributed by atoms with van der Waals surface area (Å²) < 4.78 is 0. The molecule has 0 amide bonds. The average Bonchev–Trinajstić information content (AvgIpc) is 2.64. The van der Waals surface area contributed by atoms with Crippen LogP contribution in [0.1, 0.15) is 60.7 Å². The smallest absolute Gasteiger partial charge is 0.135 e. The molecule has 0 unspecified atom stereocenters. The van der Waals surface area contributed by atoms with Crippen molar-refractivity contribution in [2.45, 2.75) is 57.5 Å². The number of aromatic nitrogens is 3. The van der Waals surface area contributed by atoms with Gasteiger partial charge in [-0.2, -0.15) is 0 Å². The van der Waals surface area contributed by atoms with Crippen LogP contribution in [-0.4, -0.2) is 26.4 Å². The van der Waals surface area contributed by atoms with Crippen molar-refractivity contribution in [2.24, 2.45) is 0 Å². The highest BCUT2D eigenvalue weighted by Crippen LogP contribution is 2.31. The molecule has 1 aliphatic carbocycles. The van der Waals surface area contributed by atoms with Gasteiger partial charge in [-0.3, -0.25) is 4.90 Å². The Kier molecular flexibility index (Phi) is 5.20. The van der Waals surface area contributed by atoms with Crippen molar-refractivity contribution in [3.05, 3.63) is 51.3 Å². The second-order valence-electron chi connectivity index (χ2n) is 7.08. The molecular formula is C19H22Cl2N4. The van der Waals surface area contributed by atoms with Gasteiger partial charge in [0.25, 0.3) is 0 Å². The van der Waals surface area contributed by atoms with E-state index in [2.05, 4.69) is 9.88 Å². The Bertz CT molecular complexity index is 759. The average molecular weight is 377 g/mol. The number of pyridine rings is 1. The third kappa shape index (κ3) is 3.97. The van der Waals surface area contributed by atoms with Gasteiger partial charge >= 0.3 is 0 Å². The van der Waals surface area contributed by atoms with Gasteiger partial charge < -0.3 is 0 Å². The van der Waals surface area contributed by atoms with E-state index in [0.29, 0.717) is 16.2 Å². The van der Waals surface area contributed by atoms with Gasteiger partial charge in [-0.1, -0.05) is 48.5 Å². The molecular weight excluding hydrogens is 355 g/mol. The van der Waals surface area contributed by atoms with E-state index in [1.807, 2.05) is 12.3 Å². The first-order valence-corrected chi connectivity index (χ1v) is 9.82. The van der Waals surface area contributed by atoms with Crippen molar-refractivity contribution in [1.82, 2.24) is 19.9 Å². The predicted molar refractivity (Wildman–Crippen MR) is 99.9 cm³/mol. The van der Waals surface area contributed by atoms with E-state index in [0.717, 1.165) is 37.4 Å². The van der Waals surface area contributed by atoms with E-state index in [4.69, 9.17) is 33.2 Å². The molecule has 0 atom stereocenters. The lowest BCUT2D eigenvalue weighted by Crippen LogP contribution is -2.31. The molecule has 2 aromatic rings. The van der Waals surface area contributed by atoms with Crippen molar-refractivity contribution in [3.8, 4) is 0 Å². The van der Waals surface area contributed by atoms with E-state index in [1.54, 1.807) is 6.07 Å². The van der Waals surface area contributed by atoms with E-state index >= 15 is 0 Å². The van der Waals surface area contributed by atoms with E-state index < -0.39 is 0 Å². The number of hydrogen-bond donors (Lipinski definition) is 0. The first-order chi connectivity index (χ1) is 12.2. The van der Waals surface area contributed by atoms with Gasteiger partial charge in [-0.15, -0.1) is 0 Å². The first kappa shape index (κ1) is 17.2. The quantitative estimate of drug-likeness (QED) is 0.722. The van der Waals surface area contributed by atoms with Gasteiger partial charge in [0.15, 0.2) is 0 Å². The lowest BCUT2D eigenvalue weighted by atomic mass is 9.88. The molecule has 4 nitrogen and oxygen atoms in total. The van der Waals surface area contributed by atoms with E-state index in [9.17, 15) is 0 Å². The maximum atomic E-state index is 6.21. The number of fused-ring (bicyclic) bond motifs is 1. The molecule has 132 valence electrons. The Morgan fingerprint density at radius 3 is 2.72 bits per heavy atom. The fraction of sp³-hybridized carbons (Fsp3) is 0.526. The van der Waals surface area contributed by atoms with Crippen molar-refractivity contribution in [3.63, 3.8) is 0 Å². The molecule has 0 saturated heterocycles. The van der Waals surface area contributed by atoms with Crippen LogP contribution in [0.5, 0.6) is 0 Å². The van der Waals surface area contributed by atoms with Crippen molar-refractivity contribution in [1.29, 1.82) is 0 Å². The molecule has 2 aromatic heterocycles. The second-order valence-corrected chi connectivity index (χ2v) is 7.82. The van der Waals surface area contributed by atoms with Crippen molar-refractivity contribution < 1.29 is 0 Å². The zero-order valence-corrected chi connectivity index (χ0v) is 15.7. The summed E-state index contributed by atoms with van der Waals surface area (Å²) in [6.45, 7) is 2.61. The van der Waals surface area contributed by atoms with Gasteiger partial charge in [-0.05, 0) is 18.9 Å². The zero-order valence-electron chi connectivity index (χ0n) is 14.2. The first-order valence-electron chi connectivity index (χ1n) is 9.07. The van der Waals surface area contributed by atoms with E-state index in [1.165, 1.54) is 43.4 Å². The van der Waals surface area contributed by atoms with E-state index in [-0.39, 0.29) is 0 Å². The second kappa shape index (κ2) is 7.56. The molecule has 0 aromatic carbocycles. The van der Waals surface area contributed by atoms with Crippen LogP contribution in [0.3, 0.4) is 0 Å². The Morgan fingerprint density at radius 2 is 1.92 bits per heavy atom. The summed E-state index contributed by atoms with van der Waals surface area (Å²) in [6.07, 6.45) is 9.48. The van der Waals surface area contributed by atoms with Crippen LogP contribution in [-0.2, 0) is 19.5 Å². The van der Waals surface area contributed by atoms with Crippen LogP contribution < -0.4 is 0 Å². The summed E-state index contributed by atoms with van der Waals surface area (Å²) in [5, 5.41) is 0.920. The highest BCUT2D eigenvalue weighted by atomic mass is 35.5. The fourth-order valence-corrected chi connectivity index (χ4v) is 4.29. The molecule has 1 aliphatic heterocycles. The Balaban J connectivity index is 1.46. The predicted octanol–water partition coefficient (Wildman–Crippen LogP) is 4.78.